The molecule has 1 aromatic heterocycles. The van der Waals surface area contributed by atoms with Crippen LogP contribution in [0, 0.1) is 0 Å². The van der Waals surface area contributed by atoms with E-state index in [9.17, 15) is 4.79 Å². The highest BCUT2D eigenvalue weighted by atomic mass is 16.4. The molecule has 2 aromatic carbocycles. The Balaban J connectivity index is 2.23. The van der Waals surface area contributed by atoms with E-state index in [1.54, 1.807) is 6.92 Å². The van der Waals surface area contributed by atoms with Crippen LogP contribution in [-0.2, 0) is 4.79 Å². The number of rotatable bonds is 2. The average Bonchev–Trinajstić information content (AvgIpc) is 2.81. The molecule has 3 nitrogen and oxygen atoms in total. The van der Waals surface area contributed by atoms with Gasteiger partial charge in [-0.3, -0.25) is 0 Å². The third-order valence-corrected chi connectivity index (χ3v) is 3.14. The molecule has 0 aliphatic heterocycles. The molecule has 0 atom stereocenters. The van der Waals surface area contributed by atoms with E-state index in [4.69, 9.17) is 9.52 Å². The highest BCUT2D eigenvalue weighted by Gasteiger charge is 2.07. The topological polar surface area (TPSA) is 50.4 Å². The van der Waals surface area contributed by atoms with Gasteiger partial charge in [-0.1, -0.05) is 30.3 Å². The van der Waals surface area contributed by atoms with E-state index < -0.39 is 5.97 Å². The van der Waals surface area contributed by atoms with E-state index in [0.717, 1.165) is 21.7 Å². The largest absolute Gasteiger partial charge is 0.478 e. The van der Waals surface area contributed by atoms with Crippen molar-refractivity contribution < 1.29 is 14.3 Å². The predicted octanol–water partition coefficient (Wildman–Crippen LogP) is 4.07. The molecule has 0 amide bonds. The number of carbonyl (C=O) groups is 1. The Bertz CT molecular complexity index is 809. The van der Waals surface area contributed by atoms with Gasteiger partial charge in [0.25, 0.3) is 0 Å². The summed E-state index contributed by atoms with van der Waals surface area (Å²) in [5, 5.41) is 12.1. The number of benzene rings is 2. The summed E-state index contributed by atoms with van der Waals surface area (Å²) >= 11 is 0. The zero-order chi connectivity index (χ0) is 13.4. The molecule has 0 aliphatic rings. The molecule has 3 aromatic rings. The van der Waals surface area contributed by atoms with Gasteiger partial charge >= 0.3 is 5.97 Å². The Morgan fingerprint density at radius 3 is 2.74 bits per heavy atom. The number of fused-ring (bicyclic) bond motifs is 3. The smallest absolute Gasteiger partial charge is 0.331 e. The zero-order valence-corrected chi connectivity index (χ0v) is 10.4. The van der Waals surface area contributed by atoms with Crippen molar-refractivity contribution in [1.82, 2.24) is 0 Å². The molecule has 0 saturated heterocycles. The molecular weight excluding hydrogens is 240 g/mol. The second-order valence-electron chi connectivity index (χ2n) is 4.48. The summed E-state index contributed by atoms with van der Waals surface area (Å²) in [6.07, 6.45) is 1.54. The Hall–Kier alpha value is -2.55. The lowest BCUT2D eigenvalue weighted by Gasteiger charge is -1.96. The summed E-state index contributed by atoms with van der Waals surface area (Å²) in [6.45, 7) is 1.55. The Labute approximate surface area is 109 Å². The maximum atomic E-state index is 10.8. The zero-order valence-electron chi connectivity index (χ0n) is 10.4. The molecule has 0 aliphatic carbocycles. The van der Waals surface area contributed by atoms with Gasteiger partial charge in [0.05, 0.1) is 0 Å². The lowest BCUT2D eigenvalue weighted by atomic mass is 10.1. The van der Waals surface area contributed by atoms with Crippen molar-refractivity contribution >= 4 is 33.8 Å². The van der Waals surface area contributed by atoms with Crippen LogP contribution in [0.4, 0.5) is 0 Å². The van der Waals surface area contributed by atoms with Crippen LogP contribution in [-0.4, -0.2) is 11.1 Å². The van der Waals surface area contributed by atoms with Gasteiger partial charge in [0.15, 0.2) is 0 Å². The minimum Gasteiger partial charge on any atom is -0.478 e. The second-order valence-corrected chi connectivity index (χ2v) is 4.48. The Morgan fingerprint density at radius 2 is 1.95 bits per heavy atom. The maximum Gasteiger partial charge on any atom is 0.331 e. The van der Waals surface area contributed by atoms with Gasteiger partial charge in [-0.25, -0.2) is 4.79 Å². The minimum absolute atomic E-state index is 0.253. The van der Waals surface area contributed by atoms with Crippen LogP contribution in [0.5, 0.6) is 0 Å². The summed E-state index contributed by atoms with van der Waals surface area (Å²) in [7, 11) is 0. The fraction of sp³-hybridized carbons (Fsp3) is 0.0625. The highest BCUT2D eigenvalue weighted by molar-refractivity contribution is 6.06. The molecule has 0 radical (unpaired) electrons. The number of carboxylic acids is 1. The van der Waals surface area contributed by atoms with Crippen molar-refractivity contribution in [2.24, 2.45) is 0 Å². The van der Waals surface area contributed by atoms with E-state index in [0.29, 0.717) is 5.76 Å². The lowest BCUT2D eigenvalue weighted by Crippen LogP contribution is -1.94. The van der Waals surface area contributed by atoms with Gasteiger partial charge in [0.2, 0.25) is 0 Å². The molecule has 1 N–H and O–H groups in total. The van der Waals surface area contributed by atoms with Crippen molar-refractivity contribution in [3.8, 4) is 0 Å². The number of aliphatic carboxylic acids is 1. The molecule has 94 valence electrons. The second kappa shape index (κ2) is 4.28. The molecule has 19 heavy (non-hydrogen) atoms. The SMILES string of the molecule is CC(=Cc1cc2c(ccc3ccccc32)o1)C(=O)O. The molecule has 0 bridgehead atoms. The van der Waals surface area contributed by atoms with Crippen molar-refractivity contribution in [2.75, 3.05) is 0 Å². The Morgan fingerprint density at radius 1 is 1.16 bits per heavy atom. The van der Waals surface area contributed by atoms with Gasteiger partial charge in [-0.15, -0.1) is 0 Å². The minimum atomic E-state index is -0.940. The summed E-state index contributed by atoms with van der Waals surface area (Å²) in [4.78, 5) is 10.8. The fourth-order valence-electron chi connectivity index (χ4n) is 2.16. The number of hydrogen-bond acceptors (Lipinski definition) is 2. The first kappa shape index (κ1) is 11.5. The summed E-state index contributed by atoms with van der Waals surface area (Å²) in [6, 6.07) is 13.8. The highest BCUT2D eigenvalue weighted by Crippen LogP contribution is 2.28. The number of hydrogen-bond donors (Lipinski definition) is 1. The molecule has 0 saturated carbocycles. The first-order valence-electron chi connectivity index (χ1n) is 5.98. The predicted molar refractivity (Wildman–Crippen MR) is 75.0 cm³/mol. The van der Waals surface area contributed by atoms with Crippen molar-refractivity contribution in [2.45, 2.75) is 6.92 Å². The first-order valence-corrected chi connectivity index (χ1v) is 5.98. The quantitative estimate of drug-likeness (QED) is 0.699. The van der Waals surface area contributed by atoms with E-state index in [2.05, 4.69) is 0 Å². The lowest BCUT2D eigenvalue weighted by molar-refractivity contribution is -0.132. The standard InChI is InChI=1S/C16H12O3/c1-10(16(17)18)8-12-9-14-13-5-3-2-4-11(13)6-7-15(14)19-12/h2-9H,1H3,(H,17,18). The van der Waals surface area contributed by atoms with Crippen LogP contribution in [0.1, 0.15) is 12.7 Å². The normalized spacial score (nSPS) is 12.2. The van der Waals surface area contributed by atoms with E-state index in [1.807, 2.05) is 42.5 Å². The van der Waals surface area contributed by atoms with Gasteiger partial charge in [-0.2, -0.15) is 0 Å². The average molecular weight is 252 g/mol. The maximum absolute atomic E-state index is 10.8. The van der Waals surface area contributed by atoms with Crippen molar-refractivity contribution in [1.29, 1.82) is 0 Å². The molecule has 0 spiro atoms. The first-order chi connectivity index (χ1) is 9.15. The molecule has 3 heteroatoms. The molecule has 0 unspecified atom stereocenters. The van der Waals surface area contributed by atoms with Crippen molar-refractivity contribution in [3.63, 3.8) is 0 Å². The van der Waals surface area contributed by atoms with E-state index in [-0.39, 0.29) is 5.57 Å². The summed E-state index contributed by atoms with van der Waals surface area (Å²) in [5.41, 5.74) is 1.02. The van der Waals surface area contributed by atoms with Gasteiger partial charge in [0, 0.05) is 11.0 Å². The van der Waals surface area contributed by atoms with Gasteiger partial charge < -0.3 is 9.52 Å². The molecule has 1 heterocycles. The molecular formula is C16H12O3. The third kappa shape index (κ3) is 1.99. The fourth-order valence-corrected chi connectivity index (χ4v) is 2.16. The third-order valence-electron chi connectivity index (χ3n) is 3.14. The number of furan rings is 1. The monoisotopic (exact) mass is 252 g/mol. The molecule has 0 fully saturated rings. The Kier molecular flexibility index (Phi) is 2.60. The van der Waals surface area contributed by atoms with Gasteiger partial charge in [-0.05, 0) is 35.9 Å². The molecule has 3 rings (SSSR count). The van der Waals surface area contributed by atoms with E-state index in [1.165, 1.54) is 6.08 Å². The summed E-state index contributed by atoms with van der Waals surface area (Å²) < 4.78 is 5.66. The van der Waals surface area contributed by atoms with Crippen LogP contribution in [0.2, 0.25) is 0 Å². The number of carboxylic acid groups (broad SMARTS) is 1. The van der Waals surface area contributed by atoms with Crippen LogP contribution in [0.3, 0.4) is 0 Å². The van der Waals surface area contributed by atoms with Crippen LogP contribution in [0.15, 0.2) is 52.5 Å². The van der Waals surface area contributed by atoms with Gasteiger partial charge in [0.1, 0.15) is 11.3 Å². The van der Waals surface area contributed by atoms with Crippen LogP contribution >= 0.6 is 0 Å². The van der Waals surface area contributed by atoms with E-state index >= 15 is 0 Å². The summed E-state index contributed by atoms with van der Waals surface area (Å²) in [5.74, 6) is -0.378. The van der Waals surface area contributed by atoms with Crippen LogP contribution in [0.25, 0.3) is 27.8 Å². The van der Waals surface area contributed by atoms with Crippen LogP contribution < -0.4 is 0 Å². The van der Waals surface area contributed by atoms with Crippen molar-refractivity contribution in [3.05, 3.63) is 53.8 Å².